The number of carbonyl (C=O) groups is 1. The topological polar surface area (TPSA) is 32.3 Å². The third-order valence-electron chi connectivity index (χ3n) is 2.60. The van der Waals surface area contributed by atoms with Gasteiger partial charge in [-0.15, -0.1) is 0 Å². The molecule has 0 amide bonds. The molecule has 0 fully saturated rings. The zero-order chi connectivity index (χ0) is 12.0. The number of carbonyl (C=O) groups excluding carboxylic acids is 1. The fourth-order valence-electron chi connectivity index (χ4n) is 1.60. The van der Waals surface area contributed by atoms with Crippen molar-refractivity contribution in [2.45, 2.75) is 6.92 Å². The maximum Gasteiger partial charge on any atom is 0.177 e. The summed E-state index contributed by atoms with van der Waals surface area (Å²) < 4.78 is 0. The smallest absolute Gasteiger partial charge is 0.177 e. The number of Topliss-reactive ketones (excluding diaryl/α,β-unsaturated/α-hetero) is 1. The molecular weight excluding hydrogens is 200 g/mol. The first-order chi connectivity index (χ1) is 7.65. The van der Waals surface area contributed by atoms with Gasteiger partial charge in [-0.2, -0.15) is 0 Å². The zero-order valence-electron chi connectivity index (χ0n) is 10.3. The van der Waals surface area contributed by atoms with Crippen LogP contribution in [-0.2, 0) is 0 Å². The van der Waals surface area contributed by atoms with Crippen molar-refractivity contribution in [3.05, 3.63) is 35.4 Å². The Bertz CT molecular complexity index is 350. The van der Waals surface area contributed by atoms with E-state index in [-0.39, 0.29) is 5.78 Å². The van der Waals surface area contributed by atoms with Crippen LogP contribution < -0.4 is 5.32 Å². The van der Waals surface area contributed by atoms with E-state index in [1.807, 2.05) is 50.2 Å². The summed E-state index contributed by atoms with van der Waals surface area (Å²) in [5.74, 6) is 0.191. The lowest BCUT2D eigenvalue weighted by Gasteiger charge is -2.15. The molecule has 0 radical (unpaired) electrons. The summed E-state index contributed by atoms with van der Waals surface area (Å²) in [6, 6.07) is 7.73. The largest absolute Gasteiger partial charge is 0.318 e. The van der Waals surface area contributed by atoms with Crippen LogP contribution in [0.4, 0.5) is 0 Å². The van der Waals surface area contributed by atoms with E-state index in [0.717, 1.165) is 24.2 Å². The van der Waals surface area contributed by atoms with Gasteiger partial charge >= 0.3 is 0 Å². The molecular formula is C13H20N2O. The van der Waals surface area contributed by atoms with Gasteiger partial charge in [-0.1, -0.05) is 24.3 Å². The van der Waals surface area contributed by atoms with Crippen molar-refractivity contribution < 1.29 is 4.79 Å². The molecule has 0 spiro atoms. The van der Waals surface area contributed by atoms with Crippen molar-refractivity contribution in [3.8, 4) is 0 Å². The molecule has 0 unspecified atom stereocenters. The molecule has 0 atom stereocenters. The minimum Gasteiger partial charge on any atom is -0.318 e. The van der Waals surface area contributed by atoms with Crippen molar-refractivity contribution >= 4 is 5.78 Å². The van der Waals surface area contributed by atoms with Crippen LogP contribution in [0.15, 0.2) is 24.3 Å². The molecule has 0 bridgehead atoms. The van der Waals surface area contributed by atoms with Gasteiger partial charge in [0.2, 0.25) is 0 Å². The highest BCUT2D eigenvalue weighted by Crippen LogP contribution is 2.08. The third-order valence-corrected chi connectivity index (χ3v) is 2.60. The third kappa shape index (κ3) is 3.76. The summed E-state index contributed by atoms with van der Waals surface area (Å²) in [6.45, 7) is 4.24. The molecule has 0 aliphatic rings. The second-order valence-electron chi connectivity index (χ2n) is 4.08. The van der Waals surface area contributed by atoms with E-state index in [9.17, 15) is 4.79 Å². The Hall–Kier alpha value is -1.19. The first-order valence-electron chi connectivity index (χ1n) is 5.57. The highest BCUT2D eigenvalue weighted by Gasteiger charge is 2.10. The lowest BCUT2D eigenvalue weighted by molar-refractivity contribution is 0.0946. The predicted octanol–water partition coefficient (Wildman–Crippen LogP) is 1.33. The van der Waals surface area contributed by atoms with Gasteiger partial charge in [-0.05, 0) is 26.6 Å². The molecule has 0 heterocycles. The van der Waals surface area contributed by atoms with Gasteiger partial charge in [0.15, 0.2) is 5.78 Å². The molecule has 0 saturated carbocycles. The van der Waals surface area contributed by atoms with E-state index >= 15 is 0 Å². The molecule has 0 aliphatic carbocycles. The normalized spacial score (nSPS) is 10.8. The molecule has 1 N–H and O–H groups in total. The van der Waals surface area contributed by atoms with E-state index in [1.54, 1.807) is 0 Å². The van der Waals surface area contributed by atoms with Gasteiger partial charge in [-0.3, -0.25) is 9.69 Å². The summed E-state index contributed by atoms with van der Waals surface area (Å²) >= 11 is 0. The molecule has 0 saturated heterocycles. The fourth-order valence-corrected chi connectivity index (χ4v) is 1.60. The second-order valence-corrected chi connectivity index (χ2v) is 4.08. The van der Waals surface area contributed by atoms with E-state index < -0.39 is 0 Å². The zero-order valence-corrected chi connectivity index (χ0v) is 10.3. The standard InChI is InChI=1S/C13H20N2O/c1-11-6-4-5-7-12(11)13(16)10-15(3)9-8-14-2/h4-7,14H,8-10H2,1-3H3. The molecule has 1 rings (SSSR count). The average Bonchev–Trinajstić information content (AvgIpc) is 2.26. The number of nitrogens with one attached hydrogen (secondary N) is 1. The fraction of sp³-hybridized carbons (Fsp3) is 0.462. The number of likely N-dealkylation sites (N-methyl/N-ethyl adjacent to an activating group) is 2. The summed E-state index contributed by atoms with van der Waals surface area (Å²) in [5, 5.41) is 3.07. The van der Waals surface area contributed by atoms with Gasteiger partial charge in [0.05, 0.1) is 6.54 Å². The Morgan fingerprint density at radius 2 is 2.06 bits per heavy atom. The SMILES string of the molecule is CNCCN(C)CC(=O)c1ccccc1C. The Morgan fingerprint density at radius 3 is 2.69 bits per heavy atom. The predicted molar refractivity (Wildman–Crippen MR) is 66.9 cm³/mol. The van der Waals surface area contributed by atoms with E-state index in [1.165, 1.54) is 0 Å². The van der Waals surface area contributed by atoms with E-state index in [4.69, 9.17) is 0 Å². The van der Waals surface area contributed by atoms with Crippen LogP contribution in [-0.4, -0.2) is 44.4 Å². The summed E-state index contributed by atoms with van der Waals surface area (Å²) in [6.07, 6.45) is 0. The van der Waals surface area contributed by atoms with Crippen LogP contribution in [0.5, 0.6) is 0 Å². The van der Waals surface area contributed by atoms with Crippen LogP contribution in [0.3, 0.4) is 0 Å². The number of hydrogen-bond acceptors (Lipinski definition) is 3. The van der Waals surface area contributed by atoms with Crippen molar-refractivity contribution in [2.24, 2.45) is 0 Å². The van der Waals surface area contributed by atoms with Crippen LogP contribution in [0.25, 0.3) is 0 Å². The molecule has 3 nitrogen and oxygen atoms in total. The monoisotopic (exact) mass is 220 g/mol. The van der Waals surface area contributed by atoms with E-state index in [2.05, 4.69) is 5.32 Å². The molecule has 0 aliphatic heterocycles. The summed E-state index contributed by atoms with van der Waals surface area (Å²) in [5.41, 5.74) is 1.88. The lowest BCUT2D eigenvalue weighted by Crippen LogP contribution is -2.32. The second kappa shape index (κ2) is 6.40. The van der Waals surface area contributed by atoms with E-state index in [0.29, 0.717) is 6.54 Å². The maximum absolute atomic E-state index is 12.0. The number of hydrogen-bond donors (Lipinski definition) is 1. The minimum absolute atomic E-state index is 0.191. The Kier molecular flexibility index (Phi) is 5.15. The summed E-state index contributed by atoms with van der Waals surface area (Å²) in [7, 11) is 3.88. The van der Waals surface area contributed by atoms with Crippen molar-refractivity contribution in [3.63, 3.8) is 0 Å². The van der Waals surface area contributed by atoms with Crippen LogP contribution in [0.2, 0.25) is 0 Å². The Balaban J connectivity index is 2.56. The van der Waals surface area contributed by atoms with Crippen molar-refractivity contribution in [1.29, 1.82) is 0 Å². The van der Waals surface area contributed by atoms with Gasteiger partial charge in [0.1, 0.15) is 0 Å². The number of rotatable bonds is 6. The minimum atomic E-state index is 0.191. The maximum atomic E-state index is 12.0. The van der Waals surface area contributed by atoms with Crippen LogP contribution in [0, 0.1) is 6.92 Å². The van der Waals surface area contributed by atoms with Gasteiger partial charge in [-0.25, -0.2) is 0 Å². The van der Waals surface area contributed by atoms with Gasteiger partial charge < -0.3 is 5.32 Å². The number of benzene rings is 1. The number of aryl methyl sites for hydroxylation is 1. The molecule has 88 valence electrons. The highest BCUT2D eigenvalue weighted by atomic mass is 16.1. The average molecular weight is 220 g/mol. The Morgan fingerprint density at radius 1 is 1.38 bits per heavy atom. The highest BCUT2D eigenvalue weighted by molar-refractivity contribution is 5.98. The Labute approximate surface area is 97.5 Å². The summed E-state index contributed by atoms with van der Waals surface area (Å²) in [4.78, 5) is 14.0. The van der Waals surface area contributed by atoms with Crippen molar-refractivity contribution in [2.75, 3.05) is 33.7 Å². The molecule has 1 aromatic carbocycles. The van der Waals surface area contributed by atoms with Crippen molar-refractivity contribution in [1.82, 2.24) is 10.2 Å². The lowest BCUT2D eigenvalue weighted by atomic mass is 10.0. The van der Waals surface area contributed by atoms with Gasteiger partial charge in [0, 0.05) is 18.7 Å². The number of nitrogens with zero attached hydrogens (tertiary/aromatic N) is 1. The molecule has 0 aromatic heterocycles. The van der Waals surface area contributed by atoms with Gasteiger partial charge in [0.25, 0.3) is 0 Å². The van der Waals surface area contributed by atoms with Crippen LogP contribution in [0.1, 0.15) is 15.9 Å². The molecule has 1 aromatic rings. The molecule has 16 heavy (non-hydrogen) atoms. The first-order valence-corrected chi connectivity index (χ1v) is 5.57. The molecule has 3 heteroatoms. The first kappa shape index (κ1) is 12.9. The van der Waals surface area contributed by atoms with Crippen LogP contribution >= 0.6 is 0 Å². The quantitative estimate of drug-likeness (QED) is 0.734. The number of ketones is 1.